The minimum Gasteiger partial charge on any atom is -0.868 e. The maximum absolute atomic E-state index is 12.1. The van der Waals surface area contributed by atoms with Crippen LogP contribution >= 0.6 is 0 Å². The first-order chi connectivity index (χ1) is 18.2. The Bertz CT molecular complexity index is 923. The van der Waals surface area contributed by atoms with E-state index in [4.69, 9.17) is 0 Å². The van der Waals surface area contributed by atoms with Gasteiger partial charge in [0.15, 0.2) is 58.2 Å². The normalized spacial score (nSPS) is 23.7. The van der Waals surface area contributed by atoms with Crippen molar-refractivity contribution < 1.29 is 72.7 Å². The zero-order valence-corrected chi connectivity index (χ0v) is 24.6. The van der Waals surface area contributed by atoms with Gasteiger partial charge in [0, 0.05) is 8.07 Å². The smallest absolute Gasteiger partial charge is 0.868 e. The van der Waals surface area contributed by atoms with E-state index in [1.165, 1.54) is 19.3 Å². The van der Waals surface area contributed by atoms with Crippen LogP contribution in [0.3, 0.4) is 0 Å². The molecule has 0 heterocycles. The molecule has 41 heavy (non-hydrogen) atoms. The summed E-state index contributed by atoms with van der Waals surface area (Å²) < 4.78 is 121. The molecule has 0 saturated heterocycles. The van der Waals surface area contributed by atoms with Gasteiger partial charge in [0.2, 0.25) is 0 Å². The Morgan fingerprint density at radius 2 is 0.732 bits per heavy atom. The van der Waals surface area contributed by atoms with Crippen molar-refractivity contribution in [3.05, 3.63) is 64.7 Å². The zero-order valence-electron chi connectivity index (χ0n) is 22.2. The van der Waals surface area contributed by atoms with Crippen LogP contribution in [0.1, 0.15) is 38.5 Å². The molecular formula is C26H26F10NO2SiV. The summed E-state index contributed by atoms with van der Waals surface area (Å²) in [7, 11) is -0.861. The number of halogens is 10. The molecule has 0 spiro atoms. The first-order valence-corrected chi connectivity index (χ1v) is 15.8. The number of nitrogens with zero attached hydrogens (tertiary/aromatic N) is 1. The van der Waals surface area contributed by atoms with Crippen LogP contribution in [-0.2, 0) is 18.6 Å². The molecule has 0 amide bonds. The molecule has 4 aliphatic rings. The average Bonchev–Trinajstić information content (AvgIpc) is 2.84. The molecule has 4 fully saturated rings. The van der Waals surface area contributed by atoms with Crippen LogP contribution in [0.5, 0.6) is 11.5 Å². The summed E-state index contributed by atoms with van der Waals surface area (Å²) in [5.74, 6) is -24.5. The van der Waals surface area contributed by atoms with Crippen molar-refractivity contribution in [2.24, 2.45) is 17.8 Å². The standard InChI is InChI=1S/C10H15N.2C6HF5O.C4H11Si.V/c11-10-4-7-1-8(5-10)3-9(2-7)6-10;2*7-1-2(8)4(10)6(12)5(11)3(1)9;1-5(2,3)4;/h7-9H,1-6H2;2*12H;1H2,2-4H3;/q;;;;+2/p-2. The third kappa shape index (κ3) is 9.29. The maximum atomic E-state index is 12.1. The van der Waals surface area contributed by atoms with Crippen LogP contribution in [-0.4, -0.2) is 13.6 Å². The van der Waals surface area contributed by atoms with E-state index in [9.17, 15) is 59.9 Å². The molecule has 2 aromatic carbocycles. The van der Waals surface area contributed by atoms with Crippen molar-refractivity contribution in [1.29, 1.82) is 0 Å². The van der Waals surface area contributed by atoms with Gasteiger partial charge in [-0.1, -0.05) is 26.2 Å². The van der Waals surface area contributed by atoms with Gasteiger partial charge in [-0.25, -0.2) is 43.9 Å². The first-order valence-electron chi connectivity index (χ1n) is 12.1. The SMILES string of the molecule is [CH2][Si](C)(C)C.[N]C12CC3CC(CC(C3)C1)C2.[O-]c1c(F)c(F)c(F)c(F)c1F.[O-]c1c(F)c(F)c(F)c(F)c1F.[V+2]. The van der Waals surface area contributed by atoms with Gasteiger partial charge in [0.05, 0.1) is 5.54 Å². The minimum absolute atomic E-state index is 0. The van der Waals surface area contributed by atoms with Crippen molar-refractivity contribution in [3.8, 4) is 11.5 Å². The number of hydrogen-bond donors (Lipinski definition) is 0. The average molecular weight is 654 g/mol. The monoisotopic (exact) mass is 653 g/mol. The topological polar surface area (TPSA) is 68.4 Å². The van der Waals surface area contributed by atoms with Crippen molar-refractivity contribution in [3.63, 3.8) is 0 Å². The summed E-state index contributed by atoms with van der Waals surface area (Å²) in [5, 5.41) is 20.3. The van der Waals surface area contributed by atoms with E-state index in [0.29, 0.717) is 0 Å². The van der Waals surface area contributed by atoms with E-state index >= 15 is 0 Å². The molecule has 0 aromatic heterocycles. The molecule has 2 aromatic rings. The second kappa shape index (κ2) is 14.0. The number of hydrogen-bond acceptors (Lipinski definition) is 2. The molecular weight excluding hydrogens is 627 g/mol. The molecule has 6 rings (SSSR count). The predicted molar refractivity (Wildman–Crippen MR) is 123 cm³/mol. The molecule has 0 atom stereocenters. The Hall–Kier alpha value is -1.90. The Balaban J connectivity index is 0.000000281. The zero-order chi connectivity index (χ0) is 30.9. The summed E-state index contributed by atoms with van der Waals surface area (Å²) >= 11 is 0. The van der Waals surface area contributed by atoms with Crippen LogP contribution in [0.2, 0.25) is 19.6 Å². The quantitative estimate of drug-likeness (QED) is 0.139. The fourth-order valence-corrected chi connectivity index (χ4v) is 5.23. The summed E-state index contributed by atoms with van der Waals surface area (Å²) in [4.78, 5) is 0. The number of rotatable bonds is 0. The van der Waals surface area contributed by atoms with Crippen LogP contribution in [0.25, 0.3) is 0 Å². The fourth-order valence-electron chi connectivity index (χ4n) is 5.23. The largest absolute Gasteiger partial charge is 2.00 e. The molecule has 4 radical (unpaired) electrons. The minimum atomic E-state index is -2.33. The Labute approximate surface area is 244 Å². The molecule has 15 heteroatoms. The van der Waals surface area contributed by atoms with Crippen molar-refractivity contribution in [2.45, 2.75) is 63.7 Å². The molecule has 0 N–H and O–H groups in total. The van der Waals surface area contributed by atoms with Crippen LogP contribution in [0, 0.1) is 82.5 Å². The third-order valence-electron chi connectivity index (χ3n) is 6.34. The van der Waals surface area contributed by atoms with Gasteiger partial charge in [0.25, 0.3) is 0 Å². The maximum Gasteiger partial charge on any atom is 2.00 e. The summed E-state index contributed by atoms with van der Waals surface area (Å²) in [6.07, 6.45) is 7.66. The molecule has 4 aliphatic carbocycles. The summed E-state index contributed by atoms with van der Waals surface area (Å²) in [6, 6.07) is 0. The Kier molecular flexibility index (Phi) is 12.7. The third-order valence-corrected chi connectivity index (χ3v) is 6.34. The van der Waals surface area contributed by atoms with Gasteiger partial charge in [-0.3, -0.25) is 0 Å². The summed E-state index contributed by atoms with van der Waals surface area (Å²) in [5.41, 5.74) is 9.90. The van der Waals surface area contributed by atoms with Gasteiger partial charge >= 0.3 is 18.6 Å². The van der Waals surface area contributed by atoms with E-state index in [-0.39, 0.29) is 24.1 Å². The van der Waals surface area contributed by atoms with E-state index in [1.54, 1.807) is 0 Å². The van der Waals surface area contributed by atoms with Gasteiger partial charge in [-0.2, -0.15) is 0 Å². The Morgan fingerprint density at radius 3 is 0.902 bits per heavy atom. The van der Waals surface area contributed by atoms with Gasteiger partial charge < -0.3 is 10.2 Å². The van der Waals surface area contributed by atoms with Crippen LogP contribution in [0.4, 0.5) is 43.9 Å². The second-order valence-corrected chi connectivity index (χ2v) is 16.6. The molecule has 3 nitrogen and oxygen atoms in total. The second-order valence-electron chi connectivity index (χ2n) is 11.5. The number of benzene rings is 2. The van der Waals surface area contributed by atoms with Crippen LogP contribution < -0.4 is 15.9 Å². The van der Waals surface area contributed by atoms with Crippen molar-refractivity contribution >= 4 is 8.07 Å². The molecule has 4 saturated carbocycles. The molecule has 226 valence electrons. The molecule has 0 aliphatic heterocycles. The first kappa shape index (κ1) is 37.1. The fraction of sp³-hybridized carbons (Fsp3) is 0.500. The molecule has 4 bridgehead atoms. The van der Waals surface area contributed by atoms with Gasteiger partial charge in [-0.15, -0.1) is 5.73 Å². The van der Waals surface area contributed by atoms with E-state index in [2.05, 4.69) is 26.2 Å². The van der Waals surface area contributed by atoms with E-state index in [0.717, 1.165) is 37.0 Å². The van der Waals surface area contributed by atoms with Crippen molar-refractivity contribution in [1.82, 2.24) is 5.73 Å². The predicted octanol–water partition coefficient (Wildman–Crippen LogP) is 6.63. The summed E-state index contributed by atoms with van der Waals surface area (Å²) in [6.45, 7) is 10.6. The van der Waals surface area contributed by atoms with Crippen LogP contribution in [0.15, 0.2) is 0 Å². The van der Waals surface area contributed by atoms with E-state index in [1.807, 2.05) is 0 Å². The van der Waals surface area contributed by atoms with Gasteiger partial charge in [-0.05, 0) is 67.8 Å². The van der Waals surface area contributed by atoms with Crippen molar-refractivity contribution in [2.75, 3.05) is 0 Å². The molecule has 0 unspecified atom stereocenters. The Morgan fingerprint density at radius 1 is 0.561 bits per heavy atom. The van der Waals surface area contributed by atoms with Gasteiger partial charge in [0.1, 0.15) is 0 Å². The van der Waals surface area contributed by atoms with E-state index < -0.39 is 77.7 Å².